The van der Waals surface area contributed by atoms with Crippen LogP contribution in [0.1, 0.15) is 55.7 Å². The second-order valence-electron chi connectivity index (χ2n) is 5.23. The van der Waals surface area contributed by atoms with E-state index in [1.165, 1.54) is 36.0 Å². The Kier molecular flexibility index (Phi) is 3.34. The van der Waals surface area contributed by atoms with Crippen LogP contribution in [0.5, 0.6) is 0 Å². The zero-order valence-corrected chi connectivity index (χ0v) is 10.6. The van der Waals surface area contributed by atoms with Crippen LogP contribution in [0.2, 0.25) is 0 Å². The van der Waals surface area contributed by atoms with Crippen LogP contribution in [-0.2, 0) is 12.0 Å². The second-order valence-corrected chi connectivity index (χ2v) is 5.23. The molecule has 1 heteroatoms. The second kappa shape index (κ2) is 4.58. The van der Waals surface area contributed by atoms with Crippen LogP contribution in [0.15, 0.2) is 18.2 Å². The van der Waals surface area contributed by atoms with Gasteiger partial charge in [0.1, 0.15) is 0 Å². The Hall–Kier alpha value is -0.820. The van der Waals surface area contributed by atoms with Gasteiger partial charge in [0.15, 0.2) is 0 Å². The molecule has 0 amide bonds. The Labute approximate surface area is 99.0 Å². The molecular formula is C15H23N. The van der Waals surface area contributed by atoms with Gasteiger partial charge in [0.2, 0.25) is 0 Å². The van der Waals surface area contributed by atoms with Crippen molar-refractivity contribution in [2.75, 3.05) is 0 Å². The number of rotatable bonds is 2. The van der Waals surface area contributed by atoms with E-state index in [0.717, 1.165) is 19.3 Å². The SMILES string of the molecule is CCc1ccc(C)cc1C1(N)CCCCC1. The fourth-order valence-corrected chi connectivity index (χ4v) is 2.91. The van der Waals surface area contributed by atoms with Crippen LogP contribution in [0.25, 0.3) is 0 Å². The van der Waals surface area contributed by atoms with E-state index in [4.69, 9.17) is 5.73 Å². The summed E-state index contributed by atoms with van der Waals surface area (Å²) in [5.74, 6) is 0. The van der Waals surface area contributed by atoms with Crippen molar-refractivity contribution >= 4 is 0 Å². The van der Waals surface area contributed by atoms with Gasteiger partial charge in [-0.1, -0.05) is 49.9 Å². The Morgan fingerprint density at radius 2 is 1.88 bits per heavy atom. The van der Waals surface area contributed by atoms with Crippen molar-refractivity contribution in [3.05, 3.63) is 34.9 Å². The third-order valence-electron chi connectivity index (χ3n) is 3.93. The molecular weight excluding hydrogens is 194 g/mol. The first-order valence-corrected chi connectivity index (χ1v) is 6.54. The highest BCUT2D eigenvalue weighted by molar-refractivity contribution is 5.37. The Bertz CT molecular complexity index is 362. The standard InChI is InChI=1S/C15H23N/c1-3-13-8-7-12(2)11-14(13)15(16)9-5-4-6-10-15/h7-8,11H,3-6,9-10,16H2,1-2H3. The van der Waals surface area contributed by atoms with Crippen LogP contribution in [-0.4, -0.2) is 0 Å². The maximum absolute atomic E-state index is 6.63. The van der Waals surface area contributed by atoms with E-state index in [0.29, 0.717) is 0 Å². The van der Waals surface area contributed by atoms with E-state index in [1.54, 1.807) is 0 Å². The highest BCUT2D eigenvalue weighted by atomic mass is 14.7. The van der Waals surface area contributed by atoms with E-state index in [9.17, 15) is 0 Å². The molecule has 0 aromatic heterocycles. The average molecular weight is 217 g/mol. The molecule has 0 unspecified atom stereocenters. The summed E-state index contributed by atoms with van der Waals surface area (Å²) in [7, 11) is 0. The minimum absolute atomic E-state index is 0.0460. The fraction of sp³-hybridized carbons (Fsp3) is 0.600. The van der Waals surface area contributed by atoms with E-state index in [2.05, 4.69) is 32.0 Å². The Morgan fingerprint density at radius 1 is 1.19 bits per heavy atom. The molecule has 1 aliphatic carbocycles. The molecule has 1 aromatic rings. The zero-order valence-electron chi connectivity index (χ0n) is 10.6. The van der Waals surface area contributed by atoms with Crippen LogP contribution in [0, 0.1) is 6.92 Å². The van der Waals surface area contributed by atoms with Crippen LogP contribution in [0.4, 0.5) is 0 Å². The minimum atomic E-state index is -0.0460. The van der Waals surface area contributed by atoms with Crippen molar-refractivity contribution in [3.63, 3.8) is 0 Å². The predicted octanol–water partition coefficient (Wildman–Crippen LogP) is 3.68. The Balaban J connectivity index is 2.40. The van der Waals surface area contributed by atoms with Gasteiger partial charge in [-0.2, -0.15) is 0 Å². The number of benzene rings is 1. The first-order chi connectivity index (χ1) is 7.65. The van der Waals surface area contributed by atoms with Crippen LogP contribution >= 0.6 is 0 Å². The van der Waals surface area contributed by atoms with Gasteiger partial charge in [-0.05, 0) is 37.3 Å². The van der Waals surface area contributed by atoms with Gasteiger partial charge in [-0.3, -0.25) is 0 Å². The van der Waals surface area contributed by atoms with E-state index >= 15 is 0 Å². The molecule has 2 rings (SSSR count). The van der Waals surface area contributed by atoms with Gasteiger partial charge < -0.3 is 5.73 Å². The summed E-state index contributed by atoms with van der Waals surface area (Å²) in [4.78, 5) is 0. The van der Waals surface area contributed by atoms with Crippen molar-refractivity contribution < 1.29 is 0 Å². The smallest absolute Gasteiger partial charge is 0.0412 e. The molecule has 1 nitrogen and oxygen atoms in total. The van der Waals surface area contributed by atoms with Crippen LogP contribution < -0.4 is 5.73 Å². The normalized spacial score (nSPS) is 19.7. The summed E-state index contributed by atoms with van der Waals surface area (Å²) in [6, 6.07) is 6.77. The summed E-state index contributed by atoms with van der Waals surface area (Å²) < 4.78 is 0. The quantitative estimate of drug-likeness (QED) is 0.803. The molecule has 0 bridgehead atoms. The van der Waals surface area contributed by atoms with Gasteiger partial charge in [0, 0.05) is 5.54 Å². The summed E-state index contributed by atoms with van der Waals surface area (Å²) >= 11 is 0. The molecule has 0 aliphatic heterocycles. The molecule has 1 fully saturated rings. The third kappa shape index (κ3) is 2.15. The first kappa shape index (κ1) is 11.7. The van der Waals surface area contributed by atoms with Crippen LogP contribution in [0.3, 0.4) is 0 Å². The van der Waals surface area contributed by atoms with Crippen molar-refractivity contribution in [1.82, 2.24) is 0 Å². The zero-order chi connectivity index (χ0) is 11.6. The molecule has 0 heterocycles. The lowest BCUT2D eigenvalue weighted by atomic mass is 9.75. The summed E-state index contributed by atoms with van der Waals surface area (Å²) in [5.41, 5.74) is 10.8. The maximum Gasteiger partial charge on any atom is 0.0412 e. The molecule has 1 aliphatic rings. The van der Waals surface area contributed by atoms with Gasteiger partial charge in [0.05, 0.1) is 0 Å². The van der Waals surface area contributed by atoms with Crippen molar-refractivity contribution in [3.8, 4) is 0 Å². The van der Waals surface area contributed by atoms with Crippen molar-refractivity contribution in [1.29, 1.82) is 0 Å². The summed E-state index contributed by atoms with van der Waals surface area (Å²) in [6.45, 7) is 4.38. The third-order valence-corrected chi connectivity index (χ3v) is 3.93. The molecule has 16 heavy (non-hydrogen) atoms. The molecule has 1 aromatic carbocycles. The average Bonchev–Trinajstić information content (AvgIpc) is 2.30. The summed E-state index contributed by atoms with van der Waals surface area (Å²) in [6.07, 6.45) is 7.33. The molecule has 88 valence electrons. The van der Waals surface area contributed by atoms with Gasteiger partial charge in [-0.25, -0.2) is 0 Å². The largest absolute Gasteiger partial charge is 0.321 e. The van der Waals surface area contributed by atoms with E-state index < -0.39 is 0 Å². The topological polar surface area (TPSA) is 26.0 Å². The molecule has 0 atom stereocenters. The fourth-order valence-electron chi connectivity index (χ4n) is 2.91. The number of nitrogens with two attached hydrogens (primary N) is 1. The lowest BCUT2D eigenvalue weighted by Gasteiger charge is -2.35. The maximum atomic E-state index is 6.63. The monoisotopic (exact) mass is 217 g/mol. The van der Waals surface area contributed by atoms with Crippen molar-refractivity contribution in [2.45, 2.75) is 57.9 Å². The van der Waals surface area contributed by atoms with Gasteiger partial charge in [0.25, 0.3) is 0 Å². The molecule has 0 radical (unpaired) electrons. The first-order valence-electron chi connectivity index (χ1n) is 6.54. The van der Waals surface area contributed by atoms with E-state index in [-0.39, 0.29) is 5.54 Å². The number of hydrogen-bond donors (Lipinski definition) is 1. The molecule has 2 N–H and O–H groups in total. The van der Waals surface area contributed by atoms with E-state index in [1.807, 2.05) is 0 Å². The highest BCUT2D eigenvalue weighted by Crippen LogP contribution is 2.36. The highest BCUT2D eigenvalue weighted by Gasteiger charge is 2.30. The molecule has 1 saturated carbocycles. The minimum Gasteiger partial charge on any atom is -0.321 e. The lowest BCUT2D eigenvalue weighted by Crippen LogP contribution is -2.39. The van der Waals surface area contributed by atoms with Crippen molar-refractivity contribution in [2.24, 2.45) is 5.73 Å². The predicted molar refractivity (Wildman–Crippen MR) is 69.5 cm³/mol. The lowest BCUT2D eigenvalue weighted by molar-refractivity contribution is 0.300. The number of aryl methyl sites for hydroxylation is 2. The van der Waals surface area contributed by atoms with Gasteiger partial charge in [-0.15, -0.1) is 0 Å². The molecule has 0 spiro atoms. The Morgan fingerprint density at radius 3 is 2.50 bits per heavy atom. The summed E-state index contributed by atoms with van der Waals surface area (Å²) in [5, 5.41) is 0. The van der Waals surface area contributed by atoms with Gasteiger partial charge >= 0.3 is 0 Å². The molecule has 0 saturated heterocycles. The number of hydrogen-bond acceptors (Lipinski definition) is 1.